The van der Waals surface area contributed by atoms with Gasteiger partial charge >= 0.3 is 5.96 Å². The van der Waals surface area contributed by atoms with Crippen molar-refractivity contribution in [2.24, 2.45) is 16.5 Å². The number of rotatable bonds is 4. The van der Waals surface area contributed by atoms with Gasteiger partial charge in [-0.3, -0.25) is 34.9 Å². The molecule has 2 aromatic rings. The summed E-state index contributed by atoms with van der Waals surface area (Å²) >= 11 is 0. The number of aliphatic hydroxyl groups is 2. The Hall–Kier alpha value is -4.23. The van der Waals surface area contributed by atoms with Gasteiger partial charge < -0.3 is 21.3 Å². The SMILES string of the molecule is Cc1cccc2c(C(=O)NC3CN4C(N)=N[C@@H](CN5C(=O)CCC5=O)[C@@H]5[NH+]=C(N)N[C@@]54C3(O)O)cccc12. The maximum atomic E-state index is 13.5. The first-order valence-electron chi connectivity index (χ1n) is 12.4. The van der Waals surface area contributed by atoms with Crippen molar-refractivity contribution in [3.8, 4) is 0 Å². The van der Waals surface area contributed by atoms with E-state index in [1.807, 2.05) is 31.2 Å². The summed E-state index contributed by atoms with van der Waals surface area (Å²) in [6.45, 7) is 1.75. The zero-order valence-corrected chi connectivity index (χ0v) is 20.6. The Bertz CT molecular complexity index is 1440. The van der Waals surface area contributed by atoms with E-state index in [-0.39, 0.29) is 49.7 Å². The summed E-state index contributed by atoms with van der Waals surface area (Å²) in [5.74, 6) is -3.75. The maximum absolute atomic E-state index is 13.5. The van der Waals surface area contributed by atoms with Gasteiger partial charge in [-0.15, -0.1) is 0 Å². The maximum Gasteiger partial charge on any atom is 0.343 e. The number of nitrogens with zero attached hydrogens (tertiary/aromatic N) is 3. The number of amides is 3. The molecule has 0 aromatic heterocycles. The quantitative estimate of drug-likeness (QED) is 0.155. The molecule has 6 rings (SSSR count). The van der Waals surface area contributed by atoms with Crippen LogP contribution in [-0.2, 0) is 9.59 Å². The van der Waals surface area contributed by atoms with Gasteiger partial charge in [0.1, 0.15) is 12.1 Å². The van der Waals surface area contributed by atoms with Crippen molar-refractivity contribution >= 4 is 40.4 Å². The Morgan fingerprint density at radius 2 is 1.84 bits per heavy atom. The number of likely N-dealkylation sites (tertiary alicyclic amines) is 1. The molecule has 1 unspecified atom stereocenters. The molecule has 4 heterocycles. The summed E-state index contributed by atoms with van der Waals surface area (Å²) in [4.78, 5) is 48.0. The van der Waals surface area contributed by atoms with Crippen LogP contribution in [0.25, 0.3) is 10.8 Å². The van der Waals surface area contributed by atoms with Gasteiger partial charge in [-0.1, -0.05) is 30.3 Å². The van der Waals surface area contributed by atoms with E-state index in [1.165, 1.54) is 4.90 Å². The lowest BCUT2D eigenvalue weighted by Crippen LogP contribution is -2.90. The van der Waals surface area contributed by atoms with E-state index in [0.717, 1.165) is 21.2 Å². The van der Waals surface area contributed by atoms with Crippen LogP contribution in [0.1, 0.15) is 28.8 Å². The summed E-state index contributed by atoms with van der Waals surface area (Å²) in [6, 6.07) is 8.08. The number of benzene rings is 2. The van der Waals surface area contributed by atoms with Crippen LogP contribution in [0, 0.1) is 6.92 Å². The van der Waals surface area contributed by atoms with E-state index in [9.17, 15) is 24.6 Å². The Morgan fingerprint density at radius 1 is 1.16 bits per heavy atom. The van der Waals surface area contributed by atoms with Crippen LogP contribution >= 0.6 is 0 Å². The number of nitrogens with two attached hydrogens (primary N) is 2. The predicted octanol–water partition coefficient (Wildman–Crippen LogP) is -3.85. The average Bonchev–Trinajstić information content (AvgIpc) is 3.47. The van der Waals surface area contributed by atoms with Crippen LogP contribution in [-0.4, -0.2) is 92.3 Å². The van der Waals surface area contributed by atoms with E-state index in [0.29, 0.717) is 5.56 Å². The third-order valence-electron chi connectivity index (χ3n) is 8.10. The van der Waals surface area contributed by atoms with Gasteiger partial charge in [0.15, 0.2) is 12.0 Å². The van der Waals surface area contributed by atoms with Crippen molar-refractivity contribution in [1.29, 1.82) is 0 Å². The number of fused-ring (bicyclic) bond motifs is 1. The van der Waals surface area contributed by atoms with E-state index in [2.05, 4.69) is 20.6 Å². The van der Waals surface area contributed by atoms with Crippen molar-refractivity contribution in [1.82, 2.24) is 20.4 Å². The summed E-state index contributed by atoms with van der Waals surface area (Å²) in [5, 5.41) is 30.6. The van der Waals surface area contributed by atoms with Crippen LogP contribution in [0.2, 0.25) is 0 Å². The highest BCUT2D eigenvalue weighted by Crippen LogP contribution is 2.41. The number of imide groups is 1. The first kappa shape index (κ1) is 24.1. The number of aryl methyl sites for hydroxylation is 1. The molecular weight excluding hydrogens is 492 g/mol. The second-order valence-corrected chi connectivity index (χ2v) is 10.2. The number of carbonyl (C=O) groups is 3. The normalized spacial score (nSPS) is 29.6. The molecule has 9 N–H and O–H groups in total. The summed E-state index contributed by atoms with van der Waals surface area (Å²) in [7, 11) is 0. The van der Waals surface area contributed by atoms with Crippen LogP contribution in [0.4, 0.5) is 0 Å². The molecular formula is C25H29N8O5+. The van der Waals surface area contributed by atoms with Crippen LogP contribution in [0.15, 0.2) is 41.4 Å². The molecule has 2 fully saturated rings. The van der Waals surface area contributed by atoms with Crippen molar-refractivity contribution in [2.75, 3.05) is 13.1 Å². The lowest BCUT2D eigenvalue weighted by Gasteiger charge is -2.46. The Kier molecular flexibility index (Phi) is 5.16. The Labute approximate surface area is 217 Å². The van der Waals surface area contributed by atoms with Gasteiger partial charge in [-0.2, -0.15) is 0 Å². The topological polar surface area (TPSA) is 201 Å². The fourth-order valence-electron chi connectivity index (χ4n) is 6.24. The molecule has 3 amide bonds. The first-order chi connectivity index (χ1) is 18.0. The largest absolute Gasteiger partial charge is 0.370 e. The molecule has 13 nitrogen and oxygen atoms in total. The van der Waals surface area contributed by atoms with Gasteiger partial charge in [0.25, 0.3) is 11.6 Å². The summed E-state index contributed by atoms with van der Waals surface area (Å²) in [5.41, 5.74) is 12.0. The van der Waals surface area contributed by atoms with Crippen LogP contribution in [0.3, 0.4) is 0 Å². The summed E-state index contributed by atoms with van der Waals surface area (Å²) < 4.78 is 0. The lowest BCUT2D eigenvalue weighted by molar-refractivity contribution is -0.521. The molecule has 0 saturated carbocycles. The average molecular weight is 522 g/mol. The number of hydrogen-bond acceptors (Lipinski definition) is 10. The van der Waals surface area contributed by atoms with Gasteiger partial charge in [-0.05, 0) is 29.3 Å². The minimum atomic E-state index is -2.60. The smallest absolute Gasteiger partial charge is 0.343 e. The fourth-order valence-corrected chi connectivity index (χ4v) is 6.24. The molecule has 13 heteroatoms. The molecule has 2 saturated heterocycles. The van der Waals surface area contributed by atoms with E-state index in [4.69, 9.17) is 11.5 Å². The van der Waals surface area contributed by atoms with Crippen LogP contribution < -0.4 is 27.1 Å². The highest BCUT2D eigenvalue weighted by Gasteiger charge is 2.76. The third-order valence-corrected chi connectivity index (χ3v) is 8.10. The molecule has 4 atom stereocenters. The van der Waals surface area contributed by atoms with Crippen LogP contribution in [0.5, 0.6) is 0 Å². The lowest BCUT2D eigenvalue weighted by atomic mass is 9.84. The number of nitrogens with one attached hydrogen (secondary N) is 3. The second-order valence-electron chi connectivity index (χ2n) is 10.2. The molecule has 0 aliphatic carbocycles. The number of guanidine groups is 2. The van der Waals surface area contributed by atoms with E-state index in [1.54, 1.807) is 12.1 Å². The zero-order chi connectivity index (χ0) is 27.0. The minimum absolute atomic E-state index is 0.0398. The van der Waals surface area contributed by atoms with E-state index < -0.39 is 35.5 Å². The predicted molar refractivity (Wildman–Crippen MR) is 135 cm³/mol. The molecule has 38 heavy (non-hydrogen) atoms. The van der Waals surface area contributed by atoms with Crippen molar-refractivity contribution in [2.45, 2.75) is 49.3 Å². The fraction of sp³-hybridized carbons (Fsp3) is 0.400. The molecule has 0 bridgehead atoms. The molecule has 1 spiro atoms. The number of hydrogen-bond donors (Lipinski definition) is 7. The molecule has 4 aliphatic heterocycles. The zero-order valence-electron chi connectivity index (χ0n) is 20.6. The Balaban J connectivity index is 1.34. The highest BCUT2D eigenvalue weighted by molar-refractivity contribution is 6.08. The van der Waals surface area contributed by atoms with Gasteiger partial charge in [0.2, 0.25) is 17.6 Å². The molecule has 198 valence electrons. The van der Waals surface area contributed by atoms with Gasteiger partial charge in [0, 0.05) is 18.4 Å². The van der Waals surface area contributed by atoms with Crippen molar-refractivity contribution in [3.05, 3.63) is 47.5 Å². The van der Waals surface area contributed by atoms with Gasteiger partial charge in [0.05, 0.1) is 13.1 Å². The molecule has 4 aliphatic rings. The Morgan fingerprint density at radius 3 is 2.58 bits per heavy atom. The van der Waals surface area contributed by atoms with Crippen molar-refractivity contribution in [3.63, 3.8) is 0 Å². The minimum Gasteiger partial charge on any atom is -0.370 e. The standard InChI is InChI=1S/C25H28N8O5/c1-12-4-2-6-14-13(12)5-3-7-15(14)21(36)29-17-11-33-23(27)28-16(10-32-18(34)8-9-19(32)35)20-24(33,25(17,37)38)31-22(26)30-20/h2-7,16-17,20,37-38H,8-11H2,1H3,(H2,27,28)(H,29,36)(H3,26,30,31)/p+1/t16-,17?,20-,24-/m0/s1. The van der Waals surface area contributed by atoms with E-state index >= 15 is 0 Å². The molecule has 0 radical (unpaired) electrons. The van der Waals surface area contributed by atoms with Crippen molar-refractivity contribution < 1.29 is 29.6 Å². The number of carbonyl (C=O) groups excluding carboxylic acids is 3. The highest BCUT2D eigenvalue weighted by atomic mass is 16.5. The monoisotopic (exact) mass is 521 g/mol. The van der Waals surface area contributed by atoms with Gasteiger partial charge in [-0.25, -0.2) is 10.3 Å². The number of aliphatic imine (C=N–C) groups is 1. The molecule has 2 aromatic carbocycles. The first-order valence-corrected chi connectivity index (χ1v) is 12.4. The summed E-state index contributed by atoms with van der Waals surface area (Å²) in [6.07, 6.45) is 0.219. The third kappa shape index (κ3) is 3.21. The second kappa shape index (κ2) is 8.13.